The summed E-state index contributed by atoms with van der Waals surface area (Å²) >= 11 is 0. The molecule has 0 fully saturated rings. The molecule has 7 nitrogen and oxygen atoms in total. The first-order chi connectivity index (χ1) is 12.8. The zero-order valence-electron chi connectivity index (χ0n) is 16.1. The number of benzene rings is 2. The molecule has 0 aliphatic rings. The average Bonchev–Trinajstić information content (AvgIpc) is 2.62. The van der Waals surface area contributed by atoms with Gasteiger partial charge in [0, 0.05) is 30.0 Å². The van der Waals surface area contributed by atoms with Gasteiger partial charge in [-0.15, -0.1) is 0 Å². The van der Waals surface area contributed by atoms with Gasteiger partial charge in [-0.05, 0) is 58.0 Å². The van der Waals surface area contributed by atoms with Crippen LogP contribution in [0, 0.1) is 17.0 Å². The average molecular weight is 371 g/mol. The molecule has 27 heavy (non-hydrogen) atoms. The van der Waals surface area contributed by atoms with Crippen LogP contribution >= 0.6 is 0 Å². The Hall–Kier alpha value is -3.09. The number of ether oxygens (including phenoxy) is 1. The van der Waals surface area contributed by atoms with Gasteiger partial charge in [0.15, 0.2) is 6.61 Å². The number of rotatable bonds is 8. The number of hydrogen-bond acceptors (Lipinski definition) is 5. The lowest BCUT2D eigenvalue weighted by molar-refractivity contribution is -0.385. The van der Waals surface area contributed by atoms with Crippen molar-refractivity contribution in [2.75, 3.05) is 23.4 Å². The van der Waals surface area contributed by atoms with Crippen molar-refractivity contribution < 1.29 is 14.5 Å². The second kappa shape index (κ2) is 9.02. The number of anilines is 2. The predicted molar refractivity (Wildman–Crippen MR) is 107 cm³/mol. The number of hydrogen-bond donors (Lipinski definition) is 1. The maximum atomic E-state index is 12.1. The minimum atomic E-state index is -0.472. The van der Waals surface area contributed by atoms with E-state index in [9.17, 15) is 14.9 Å². The van der Waals surface area contributed by atoms with Gasteiger partial charge in [-0.2, -0.15) is 0 Å². The first-order valence-corrected chi connectivity index (χ1v) is 8.86. The molecule has 0 saturated heterocycles. The van der Waals surface area contributed by atoms with E-state index < -0.39 is 4.92 Å². The minimum absolute atomic E-state index is 0.0332. The number of carbonyl (C=O) groups excluding carboxylic acids is 1. The number of nitrogens with one attached hydrogen (secondary N) is 1. The van der Waals surface area contributed by atoms with Crippen LogP contribution in [0.4, 0.5) is 17.1 Å². The molecule has 2 rings (SSSR count). The van der Waals surface area contributed by atoms with Gasteiger partial charge < -0.3 is 15.0 Å². The standard InChI is InChI=1S/C20H25N3O4/c1-5-22(14(2)3)17-11-9-16(10-12-17)21-20(24)13-27-19-8-6-7-18(15(19)4)23(25)26/h6-12,14H,5,13H2,1-4H3,(H,21,24). The summed E-state index contributed by atoms with van der Waals surface area (Å²) in [5, 5.41) is 13.7. The molecule has 0 heterocycles. The van der Waals surface area contributed by atoms with Crippen LogP contribution in [-0.4, -0.2) is 30.0 Å². The first-order valence-electron chi connectivity index (χ1n) is 8.86. The molecule has 0 bridgehead atoms. The third kappa shape index (κ3) is 5.20. The molecule has 1 N–H and O–H groups in total. The highest BCUT2D eigenvalue weighted by atomic mass is 16.6. The second-order valence-electron chi connectivity index (χ2n) is 6.42. The van der Waals surface area contributed by atoms with Gasteiger partial charge in [-0.25, -0.2) is 0 Å². The SMILES string of the molecule is CCN(c1ccc(NC(=O)COc2cccc([N+](=O)[O-])c2C)cc1)C(C)C. The molecular formula is C20H25N3O4. The summed E-state index contributed by atoms with van der Waals surface area (Å²) in [6.45, 7) is 8.64. The van der Waals surface area contributed by atoms with E-state index in [1.165, 1.54) is 12.1 Å². The van der Waals surface area contributed by atoms with Crippen molar-refractivity contribution in [2.24, 2.45) is 0 Å². The molecule has 0 aliphatic carbocycles. The van der Waals surface area contributed by atoms with Gasteiger partial charge >= 0.3 is 0 Å². The van der Waals surface area contributed by atoms with Crippen LogP contribution in [0.2, 0.25) is 0 Å². The van der Waals surface area contributed by atoms with Crippen LogP contribution in [0.15, 0.2) is 42.5 Å². The van der Waals surface area contributed by atoms with E-state index in [2.05, 4.69) is 31.0 Å². The van der Waals surface area contributed by atoms with E-state index in [1.807, 2.05) is 24.3 Å². The highest BCUT2D eigenvalue weighted by Crippen LogP contribution is 2.27. The summed E-state index contributed by atoms with van der Waals surface area (Å²) in [5.74, 6) is -0.00455. The van der Waals surface area contributed by atoms with Gasteiger partial charge in [-0.1, -0.05) is 6.07 Å². The topological polar surface area (TPSA) is 84.7 Å². The molecule has 1 amide bonds. The van der Waals surface area contributed by atoms with Crippen molar-refractivity contribution in [1.29, 1.82) is 0 Å². The van der Waals surface area contributed by atoms with Crippen molar-refractivity contribution in [1.82, 2.24) is 0 Å². The zero-order chi connectivity index (χ0) is 20.0. The molecule has 2 aromatic rings. The molecule has 7 heteroatoms. The Labute approximate surface area is 159 Å². The molecule has 0 radical (unpaired) electrons. The Morgan fingerprint density at radius 2 is 1.89 bits per heavy atom. The van der Waals surface area contributed by atoms with Gasteiger partial charge in [0.2, 0.25) is 0 Å². The van der Waals surface area contributed by atoms with E-state index >= 15 is 0 Å². The van der Waals surface area contributed by atoms with Crippen molar-refractivity contribution in [3.8, 4) is 5.75 Å². The lowest BCUT2D eigenvalue weighted by Crippen LogP contribution is -2.30. The van der Waals surface area contributed by atoms with Gasteiger partial charge in [0.25, 0.3) is 11.6 Å². The fraction of sp³-hybridized carbons (Fsp3) is 0.350. The Morgan fingerprint density at radius 1 is 1.22 bits per heavy atom. The molecule has 0 saturated carbocycles. The van der Waals surface area contributed by atoms with E-state index in [0.717, 1.165) is 12.2 Å². The Morgan fingerprint density at radius 3 is 2.44 bits per heavy atom. The summed E-state index contributed by atoms with van der Waals surface area (Å²) in [4.78, 5) is 24.9. The van der Waals surface area contributed by atoms with Crippen molar-refractivity contribution in [3.63, 3.8) is 0 Å². The lowest BCUT2D eigenvalue weighted by Gasteiger charge is -2.27. The van der Waals surface area contributed by atoms with Crippen molar-refractivity contribution >= 4 is 23.0 Å². The summed E-state index contributed by atoms with van der Waals surface area (Å²) in [7, 11) is 0. The predicted octanol–water partition coefficient (Wildman–Crippen LogP) is 4.16. The van der Waals surface area contributed by atoms with Gasteiger partial charge in [0.05, 0.1) is 10.5 Å². The molecular weight excluding hydrogens is 346 g/mol. The molecule has 0 unspecified atom stereocenters. The quantitative estimate of drug-likeness (QED) is 0.556. The third-order valence-corrected chi connectivity index (χ3v) is 4.26. The van der Waals surface area contributed by atoms with Crippen LogP contribution in [0.1, 0.15) is 26.3 Å². The normalized spacial score (nSPS) is 10.6. The van der Waals surface area contributed by atoms with E-state index in [0.29, 0.717) is 23.0 Å². The number of nitrogens with zero attached hydrogens (tertiary/aromatic N) is 2. The summed E-state index contributed by atoms with van der Waals surface area (Å²) in [5.41, 5.74) is 2.12. The molecule has 2 aromatic carbocycles. The molecule has 0 aliphatic heterocycles. The molecule has 144 valence electrons. The minimum Gasteiger partial charge on any atom is -0.483 e. The van der Waals surface area contributed by atoms with Crippen LogP contribution in [-0.2, 0) is 4.79 Å². The van der Waals surface area contributed by atoms with Crippen LogP contribution in [0.25, 0.3) is 0 Å². The Kier molecular flexibility index (Phi) is 6.76. The maximum Gasteiger partial charge on any atom is 0.276 e. The van der Waals surface area contributed by atoms with Gasteiger partial charge in [-0.3, -0.25) is 14.9 Å². The van der Waals surface area contributed by atoms with Gasteiger partial charge in [0.1, 0.15) is 5.75 Å². The van der Waals surface area contributed by atoms with Crippen molar-refractivity contribution in [2.45, 2.75) is 33.7 Å². The molecule has 0 atom stereocenters. The zero-order valence-corrected chi connectivity index (χ0v) is 16.1. The van der Waals surface area contributed by atoms with E-state index in [-0.39, 0.29) is 18.2 Å². The number of amides is 1. The van der Waals surface area contributed by atoms with E-state index in [1.54, 1.807) is 13.0 Å². The monoisotopic (exact) mass is 371 g/mol. The summed E-state index contributed by atoms with van der Waals surface area (Å²) < 4.78 is 5.45. The highest BCUT2D eigenvalue weighted by molar-refractivity contribution is 5.92. The van der Waals surface area contributed by atoms with Crippen molar-refractivity contribution in [3.05, 3.63) is 58.1 Å². The smallest absolute Gasteiger partial charge is 0.276 e. The highest BCUT2D eigenvalue weighted by Gasteiger charge is 2.15. The number of nitro benzene ring substituents is 1. The summed E-state index contributed by atoms with van der Waals surface area (Å²) in [6.07, 6.45) is 0. The first kappa shape index (κ1) is 20.2. The second-order valence-corrected chi connectivity index (χ2v) is 6.42. The number of carbonyl (C=O) groups is 1. The largest absolute Gasteiger partial charge is 0.483 e. The lowest BCUT2D eigenvalue weighted by atomic mass is 10.2. The van der Waals surface area contributed by atoms with Crippen LogP contribution in [0.5, 0.6) is 5.75 Å². The third-order valence-electron chi connectivity index (χ3n) is 4.26. The fourth-order valence-electron chi connectivity index (χ4n) is 2.88. The Balaban J connectivity index is 1.97. The van der Waals surface area contributed by atoms with Crippen LogP contribution in [0.3, 0.4) is 0 Å². The molecule has 0 aromatic heterocycles. The fourth-order valence-corrected chi connectivity index (χ4v) is 2.88. The molecule has 0 spiro atoms. The summed E-state index contributed by atoms with van der Waals surface area (Å²) in [6, 6.07) is 12.5. The Bertz CT molecular complexity index is 803. The number of nitro groups is 1. The van der Waals surface area contributed by atoms with E-state index in [4.69, 9.17) is 4.74 Å². The maximum absolute atomic E-state index is 12.1. The van der Waals surface area contributed by atoms with Crippen LogP contribution < -0.4 is 15.0 Å².